The molecule has 0 saturated heterocycles. The van der Waals surface area contributed by atoms with Gasteiger partial charge in [0.05, 0.1) is 23.1 Å². The molecule has 194 valence electrons. The van der Waals surface area contributed by atoms with E-state index in [0.29, 0.717) is 33.4 Å². The van der Waals surface area contributed by atoms with Gasteiger partial charge in [-0.1, -0.05) is 24.3 Å². The second kappa shape index (κ2) is 8.91. The molecule has 0 radical (unpaired) electrons. The molecular weight excluding hydrogens is 496 g/mol. The average molecular weight is 521 g/mol. The van der Waals surface area contributed by atoms with Gasteiger partial charge in [-0.15, -0.1) is 0 Å². The number of nitrogens with zero attached hydrogens (tertiary/aromatic N) is 5. The summed E-state index contributed by atoms with van der Waals surface area (Å²) in [6, 6.07) is 14.7. The summed E-state index contributed by atoms with van der Waals surface area (Å²) in [6.07, 6.45) is 1.46. The predicted molar refractivity (Wildman–Crippen MR) is 147 cm³/mol. The molecule has 0 aliphatic rings. The summed E-state index contributed by atoms with van der Waals surface area (Å²) in [7, 11) is 0. The molecule has 11 nitrogen and oxygen atoms in total. The maximum Gasteiger partial charge on any atom is 0.298 e. The van der Waals surface area contributed by atoms with E-state index in [1.807, 2.05) is 50.2 Å². The number of H-pyrrole nitrogens is 2. The highest BCUT2D eigenvalue weighted by molar-refractivity contribution is 6.48. The summed E-state index contributed by atoms with van der Waals surface area (Å²) in [5.74, 6) is -1.28. The molecular formula is C28H24N8O3. The number of aromatic amines is 2. The lowest BCUT2D eigenvalue weighted by Crippen LogP contribution is -2.25. The van der Waals surface area contributed by atoms with Gasteiger partial charge in [0.25, 0.3) is 17.2 Å². The van der Waals surface area contributed by atoms with Gasteiger partial charge in [-0.3, -0.25) is 19.4 Å². The van der Waals surface area contributed by atoms with Crippen molar-refractivity contribution in [1.82, 2.24) is 34.5 Å². The Morgan fingerprint density at radius 3 is 2.49 bits per heavy atom. The van der Waals surface area contributed by atoms with Gasteiger partial charge in [0.1, 0.15) is 11.2 Å². The number of anilines is 1. The number of amides is 1. The Hall–Kier alpha value is -5.32. The van der Waals surface area contributed by atoms with Crippen molar-refractivity contribution in [2.24, 2.45) is 0 Å². The molecule has 0 bridgehead atoms. The van der Waals surface area contributed by atoms with E-state index in [-0.39, 0.29) is 11.8 Å². The standard InChI is InChI=1S/C28H24N8O3/c1-14-9-10-18(11-15(14)2)35-25-20(13-29-35)26(38)33-28(32-25)36-22(12-16(3)34-36)31-27(39)24(37)23-17(4)30-21-8-6-5-7-19(21)23/h5-13,30H,1-4H3,(H,31,39)(H,32,33,38). The molecule has 0 aliphatic carbocycles. The molecule has 0 atom stereocenters. The van der Waals surface area contributed by atoms with Crippen molar-refractivity contribution in [3.05, 3.63) is 93.2 Å². The number of hydrogen-bond acceptors (Lipinski definition) is 6. The number of carbonyl (C=O) groups is 2. The lowest BCUT2D eigenvalue weighted by molar-refractivity contribution is -0.112. The SMILES string of the molecule is Cc1cc(NC(=O)C(=O)c2c(C)[nH]c3ccccc23)n(-c2nc3c(cnn3-c3ccc(C)c(C)c3)c(=O)[nH]2)n1. The first-order valence-corrected chi connectivity index (χ1v) is 12.3. The molecule has 6 rings (SSSR count). The molecule has 0 aliphatic heterocycles. The highest BCUT2D eigenvalue weighted by atomic mass is 16.2. The van der Waals surface area contributed by atoms with Crippen LogP contribution in [0.15, 0.2) is 59.5 Å². The van der Waals surface area contributed by atoms with E-state index in [2.05, 4.69) is 30.5 Å². The van der Waals surface area contributed by atoms with Gasteiger partial charge in [-0.2, -0.15) is 19.9 Å². The fourth-order valence-corrected chi connectivity index (χ4v) is 4.66. The first-order valence-electron chi connectivity index (χ1n) is 12.3. The fraction of sp³-hybridized carbons (Fsp3) is 0.143. The topological polar surface area (TPSA) is 143 Å². The molecule has 39 heavy (non-hydrogen) atoms. The molecule has 0 saturated carbocycles. The first-order chi connectivity index (χ1) is 18.7. The molecule has 0 fully saturated rings. The van der Waals surface area contributed by atoms with Crippen LogP contribution in [0, 0.1) is 27.7 Å². The molecule has 4 aromatic heterocycles. The number of benzene rings is 2. The monoisotopic (exact) mass is 520 g/mol. The number of carbonyl (C=O) groups excluding carboxylic acids is 2. The summed E-state index contributed by atoms with van der Waals surface area (Å²) in [5, 5.41) is 12.4. The summed E-state index contributed by atoms with van der Waals surface area (Å²) in [4.78, 5) is 49.8. The van der Waals surface area contributed by atoms with Gasteiger partial charge in [-0.25, -0.2) is 4.68 Å². The molecule has 0 unspecified atom stereocenters. The lowest BCUT2D eigenvalue weighted by Gasteiger charge is -2.09. The Morgan fingerprint density at radius 1 is 0.897 bits per heavy atom. The third-order valence-corrected chi connectivity index (χ3v) is 6.76. The van der Waals surface area contributed by atoms with Crippen LogP contribution in [-0.4, -0.2) is 46.2 Å². The van der Waals surface area contributed by atoms with E-state index in [4.69, 9.17) is 0 Å². The molecule has 4 heterocycles. The van der Waals surface area contributed by atoms with Gasteiger partial charge in [-0.05, 0) is 57.0 Å². The summed E-state index contributed by atoms with van der Waals surface area (Å²) in [6.45, 7) is 7.49. The van der Waals surface area contributed by atoms with E-state index >= 15 is 0 Å². The van der Waals surface area contributed by atoms with Crippen molar-refractivity contribution in [2.75, 3.05) is 5.32 Å². The zero-order valence-corrected chi connectivity index (χ0v) is 21.7. The molecule has 2 aromatic carbocycles. The average Bonchev–Trinajstić information content (AvgIpc) is 3.59. The third kappa shape index (κ3) is 4.00. The van der Waals surface area contributed by atoms with Crippen LogP contribution in [0.5, 0.6) is 0 Å². The summed E-state index contributed by atoms with van der Waals surface area (Å²) in [5.41, 5.74) is 5.08. The van der Waals surface area contributed by atoms with Gasteiger partial charge in [0.15, 0.2) is 5.65 Å². The van der Waals surface area contributed by atoms with Gasteiger partial charge in [0, 0.05) is 22.7 Å². The third-order valence-electron chi connectivity index (χ3n) is 6.76. The Bertz CT molecular complexity index is 2010. The van der Waals surface area contributed by atoms with E-state index < -0.39 is 17.2 Å². The van der Waals surface area contributed by atoms with E-state index in [9.17, 15) is 14.4 Å². The van der Waals surface area contributed by atoms with Crippen LogP contribution in [0.4, 0.5) is 5.82 Å². The molecule has 3 N–H and O–H groups in total. The van der Waals surface area contributed by atoms with Crippen LogP contribution in [0.25, 0.3) is 33.6 Å². The molecule has 6 aromatic rings. The Labute approximate surface area is 221 Å². The quantitative estimate of drug-likeness (QED) is 0.233. The minimum atomic E-state index is -0.840. The predicted octanol–water partition coefficient (Wildman–Crippen LogP) is 3.83. The Morgan fingerprint density at radius 2 is 1.69 bits per heavy atom. The largest absolute Gasteiger partial charge is 0.358 e. The van der Waals surface area contributed by atoms with Crippen LogP contribution in [0.3, 0.4) is 0 Å². The fourth-order valence-electron chi connectivity index (χ4n) is 4.66. The minimum Gasteiger partial charge on any atom is -0.358 e. The van der Waals surface area contributed by atoms with Crippen LogP contribution in [0.2, 0.25) is 0 Å². The van der Waals surface area contributed by atoms with Crippen molar-refractivity contribution in [3.8, 4) is 11.6 Å². The number of ketones is 1. The minimum absolute atomic E-state index is 0.0669. The highest BCUT2D eigenvalue weighted by Crippen LogP contribution is 2.24. The van der Waals surface area contributed by atoms with Gasteiger partial charge < -0.3 is 10.3 Å². The van der Waals surface area contributed by atoms with Gasteiger partial charge in [0.2, 0.25) is 5.95 Å². The van der Waals surface area contributed by atoms with Crippen molar-refractivity contribution >= 4 is 39.4 Å². The number of Topliss-reactive ketones (excluding diaryl/α,β-unsaturated/α-hetero) is 1. The molecule has 1 amide bonds. The highest BCUT2D eigenvalue weighted by Gasteiger charge is 2.25. The maximum atomic E-state index is 13.2. The van der Waals surface area contributed by atoms with E-state index in [1.165, 1.54) is 10.9 Å². The second-order valence-electron chi connectivity index (χ2n) is 9.49. The van der Waals surface area contributed by atoms with Crippen molar-refractivity contribution in [3.63, 3.8) is 0 Å². The normalized spacial score (nSPS) is 11.4. The van der Waals surface area contributed by atoms with Crippen LogP contribution < -0.4 is 10.9 Å². The molecule has 11 heteroatoms. The number of rotatable bonds is 5. The summed E-state index contributed by atoms with van der Waals surface area (Å²) >= 11 is 0. The number of hydrogen-bond donors (Lipinski definition) is 3. The smallest absolute Gasteiger partial charge is 0.298 e. The van der Waals surface area contributed by atoms with E-state index in [1.54, 1.807) is 30.7 Å². The number of nitrogens with one attached hydrogen (secondary N) is 3. The van der Waals surface area contributed by atoms with Crippen molar-refractivity contribution < 1.29 is 9.59 Å². The van der Waals surface area contributed by atoms with Crippen LogP contribution >= 0.6 is 0 Å². The number of para-hydroxylation sites is 1. The Balaban J connectivity index is 1.39. The van der Waals surface area contributed by atoms with Gasteiger partial charge >= 0.3 is 0 Å². The second-order valence-corrected chi connectivity index (χ2v) is 9.49. The zero-order chi connectivity index (χ0) is 27.4. The van der Waals surface area contributed by atoms with E-state index in [0.717, 1.165) is 22.3 Å². The lowest BCUT2D eigenvalue weighted by atomic mass is 10.1. The summed E-state index contributed by atoms with van der Waals surface area (Å²) < 4.78 is 2.87. The van der Waals surface area contributed by atoms with Crippen molar-refractivity contribution in [2.45, 2.75) is 27.7 Å². The van der Waals surface area contributed by atoms with Crippen molar-refractivity contribution in [1.29, 1.82) is 0 Å². The first kappa shape index (κ1) is 24.0. The number of aryl methyl sites for hydroxylation is 4. The number of aromatic nitrogens is 7. The van der Waals surface area contributed by atoms with Crippen LogP contribution in [-0.2, 0) is 4.79 Å². The zero-order valence-electron chi connectivity index (χ0n) is 21.7. The maximum absolute atomic E-state index is 13.2. The van der Waals surface area contributed by atoms with Crippen LogP contribution in [0.1, 0.15) is 32.9 Å². The molecule has 0 spiro atoms. The Kier molecular flexibility index (Phi) is 5.49. The number of fused-ring (bicyclic) bond motifs is 2.